The van der Waals surface area contributed by atoms with Crippen LogP contribution in [0.3, 0.4) is 0 Å². The van der Waals surface area contributed by atoms with Crippen molar-refractivity contribution in [2.45, 2.75) is 12.5 Å². The summed E-state index contributed by atoms with van der Waals surface area (Å²) in [5.74, 6) is -0.307. The van der Waals surface area contributed by atoms with Crippen LogP contribution in [-0.2, 0) is 9.53 Å². The number of hydrogen-bond acceptors (Lipinski definition) is 3. The zero-order valence-corrected chi connectivity index (χ0v) is 7.80. The van der Waals surface area contributed by atoms with Gasteiger partial charge in [-0.3, -0.25) is 4.79 Å². The lowest BCUT2D eigenvalue weighted by Gasteiger charge is -2.15. The summed E-state index contributed by atoms with van der Waals surface area (Å²) >= 11 is 5.28. The Kier molecular flexibility index (Phi) is 7.14. The smallest absolute Gasteiger partial charge is 0.235 e. The molecule has 0 fully saturated rings. The van der Waals surface area contributed by atoms with E-state index in [-0.39, 0.29) is 24.4 Å². The van der Waals surface area contributed by atoms with Crippen LogP contribution in [0.5, 0.6) is 0 Å². The van der Waals surface area contributed by atoms with Crippen molar-refractivity contribution < 1.29 is 14.6 Å². The summed E-state index contributed by atoms with van der Waals surface area (Å²) < 4.78 is 4.83. The highest BCUT2D eigenvalue weighted by molar-refractivity contribution is 6.27. The number of nitrogens with one attached hydrogen (secondary N) is 1. The first kappa shape index (κ1) is 11.7. The number of ether oxygens (including phenoxy) is 1. The van der Waals surface area contributed by atoms with Gasteiger partial charge in [-0.15, -0.1) is 11.6 Å². The fourth-order valence-electron chi connectivity index (χ4n) is 0.820. The molecule has 0 rings (SSSR count). The van der Waals surface area contributed by atoms with Crippen LogP contribution in [0.2, 0.25) is 0 Å². The lowest BCUT2D eigenvalue weighted by molar-refractivity contribution is -0.119. The van der Waals surface area contributed by atoms with Crippen molar-refractivity contribution in [2.24, 2.45) is 0 Å². The molecule has 0 aliphatic carbocycles. The Labute approximate surface area is 76.9 Å². The molecule has 0 aromatic rings. The van der Waals surface area contributed by atoms with Gasteiger partial charge in [0.1, 0.15) is 5.88 Å². The van der Waals surface area contributed by atoms with Gasteiger partial charge in [0.25, 0.3) is 0 Å². The number of aliphatic hydroxyl groups excluding tert-OH is 1. The van der Waals surface area contributed by atoms with Gasteiger partial charge in [0.05, 0.1) is 12.6 Å². The van der Waals surface area contributed by atoms with E-state index in [4.69, 9.17) is 21.4 Å². The predicted octanol–water partition coefficient (Wildman–Crippen LogP) is -0.261. The van der Waals surface area contributed by atoms with Gasteiger partial charge in [0.15, 0.2) is 0 Å². The highest BCUT2D eigenvalue weighted by atomic mass is 35.5. The number of rotatable bonds is 6. The minimum absolute atomic E-state index is 0.0244. The van der Waals surface area contributed by atoms with Crippen molar-refractivity contribution in [3.63, 3.8) is 0 Å². The number of carbonyl (C=O) groups excluding carboxylic acids is 1. The minimum atomic E-state index is -0.243. The SMILES string of the molecule is COCC(CCO)NC(=O)CCl. The van der Waals surface area contributed by atoms with Gasteiger partial charge in [0, 0.05) is 13.7 Å². The van der Waals surface area contributed by atoms with Gasteiger partial charge >= 0.3 is 0 Å². The molecule has 0 heterocycles. The van der Waals surface area contributed by atoms with Gasteiger partial charge in [-0.25, -0.2) is 0 Å². The van der Waals surface area contributed by atoms with E-state index in [1.54, 1.807) is 0 Å². The van der Waals surface area contributed by atoms with Crippen molar-refractivity contribution in [1.82, 2.24) is 5.32 Å². The highest BCUT2D eigenvalue weighted by Gasteiger charge is 2.09. The van der Waals surface area contributed by atoms with E-state index < -0.39 is 0 Å². The maximum absolute atomic E-state index is 10.8. The number of aliphatic hydroxyl groups is 1. The predicted molar refractivity (Wildman–Crippen MR) is 46.2 cm³/mol. The van der Waals surface area contributed by atoms with E-state index >= 15 is 0 Å². The van der Waals surface area contributed by atoms with E-state index in [2.05, 4.69) is 5.32 Å². The Morgan fingerprint density at radius 3 is 2.83 bits per heavy atom. The number of alkyl halides is 1. The Balaban J connectivity index is 3.68. The van der Waals surface area contributed by atoms with Crippen LogP contribution in [0.25, 0.3) is 0 Å². The second kappa shape index (κ2) is 7.34. The molecule has 0 radical (unpaired) electrons. The zero-order chi connectivity index (χ0) is 9.40. The van der Waals surface area contributed by atoms with Gasteiger partial charge in [-0.05, 0) is 6.42 Å². The Bertz CT molecular complexity index is 126. The molecular formula is C7H14ClNO3. The number of methoxy groups -OCH3 is 1. The van der Waals surface area contributed by atoms with Gasteiger partial charge in [0.2, 0.25) is 5.91 Å². The zero-order valence-electron chi connectivity index (χ0n) is 7.05. The molecule has 2 N–H and O–H groups in total. The largest absolute Gasteiger partial charge is 0.396 e. The third kappa shape index (κ3) is 5.35. The molecule has 0 aromatic carbocycles. The molecular weight excluding hydrogens is 182 g/mol. The monoisotopic (exact) mass is 195 g/mol. The Hall–Kier alpha value is -0.320. The van der Waals surface area contributed by atoms with Crippen LogP contribution in [-0.4, -0.2) is 43.3 Å². The Morgan fingerprint density at radius 2 is 2.42 bits per heavy atom. The van der Waals surface area contributed by atoms with Crippen molar-refractivity contribution in [3.8, 4) is 0 Å². The van der Waals surface area contributed by atoms with Crippen LogP contribution in [0.1, 0.15) is 6.42 Å². The quantitative estimate of drug-likeness (QED) is 0.575. The summed E-state index contributed by atoms with van der Waals surface area (Å²) in [6.07, 6.45) is 0.483. The normalized spacial score (nSPS) is 12.6. The fraction of sp³-hybridized carbons (Fsp3) is 0.857. The van der Waals surface area contributed by atoms with E-state index in [1.165, 1.54) is 7.11 Å². The average molecular weight is 196 g/mol. The molecule has 1 amide bonds. The topological polar surface area (TPSA) is 58.6 Å². The molecule has 0 saturated carbocycles. The van der Waals surface area contributed by atoms with Crippen molar-refractivity contribution in [1.29, 1.82) is 0 Å². The number of carbonyl (C=O) groups is 1. The summed E-state index contributed by atoms with van der Waals surface area (Å²) in [6, 6.07) is -0.147. The molecule has 0 spiro atoms. The highest BCUT2D eigenvalue weighted by Crippen LogP contribution is 1.92. The molecule has 4 nitrogen and oxygen atoms in total. The third-order valence-corrected chi connectivity index (χ3v) is 1.57. The second-order valence-electron chi connectivity index (χ2n) is 2.37. The molecule has 0 saturated heterocycles. The molecule has 0 aliphatic rings. The molecule has 0 bridgehead atoms. The summed E-state index contributed by atoms with van der Waals surface area (Å²) in [7, 11) is 1.54. The molecule has 1 unspecified atom stereocenters. The van der Waals surface area contributed by atoms with Crippen molar-refractivity contribution in [2.75, 3.05) is 26.2 Å². The number of halogens is 1. The van der Waals surface area contributed by atoms with E-state index in [9.17, 15) is 4.79 Å². The third-order valence-electron chi connectivity index (χ3n) is 1.33. The number of amides is 1. The van der Waals surface area contributed by atoms with Gasteiger partial charge in [-0.1, -0.05) is 0 Å². The molecule has 0 aromatic heterocycles. The summed E-state index contributed by atoms with van der Waals surface area (Å²) in [4.78, 5) is 10.8. The van der Waals surface area contributed by atoms with Crippen LogP contribution < -0.4 is 5.32 Å². The Morgan fingerprint density at radius 1 is 1.75 bits per heavy atom. The molecule has 12 heavy (non-hydrogen) atoms. The van der Waals surface area contributed by atoms with E-state index in [0.717, 1.165) is 0 Å². The first-order valence-electron chi connectivity index (χ1n) is 3.69. The minimum Gasteiger partial charge on any atom is -0.396 e. The van der Waals surface area contributed by atoms with Crippen LogP contribution >= 0.6 is 11.6 Å². The van der Waals surface area contributed by atoms with Crippen LogP contribution in [0, 0.1) is 0 Å². The fourth-order valence-corrected chi connectivity index (χ4v) is 0.898. The van der Waals surface area contributed by atoms with Crippen molar-refractivity contribution >= 4 is 17.5 Å². The second-order valence-corrected chi connectivity index (χ2v) is 2.63. The van der Waals surface area contributed by atoms with Crippen LogP contribution in [0.15, 0.2) is 0 Å². The lowest BCUT2D eigenvalue weighted by Crippen LogP contribution is -2.39. The van der Waals surface area contributed by atoms with Crippen LogP contribution in [0.4, 0.5) is 0 Å². The van der Waals surface area contributed by atoms with E-state index in [1.807, 2.05) is 0 Å². The van der Waals surface area contributed by atoms with Crippen molar-refractivity contribution in [3.05, 3.63) is 0 Å². The maximum atomic E-state index is 10.8. The van der Waals surface area contributed by atoms with Gasteiger partial charge in [-0.2, -0.15) is 0 Å². The van der Waals surface area contributed by atoms with E-state index in [0.29, 0.717) is 13.0 Å². The first-order chi connectivity index (χ1) is 5.74. The lowest BCUT2D eigenvalue weighted by atomic mass is 10.2. The summed E-state index contributed by atoms with van der Waals surface area (Å²) in [5, 5.41) is 11.2. The standard InChI is InChI=1S/C7H14ClNO3/c1-12-5-6(2-3-10)9-7(11)4-8/h6,10H,2-5H2,1H3,(H,9,11). The molecule has 1 atom stereocenters. The average Bonchev–Trinajstić information content (AvgIpc) is 2.05. The molecule has 72 valence electrons. The van der Waals surface area contributed by atoms with Gasteiger partial charge < -0.3 is 15.2 Å². The first-order valence-corrected chi connectivity index (χ1v) is 4.23. The molecule has 5 heteroatoms. The number of hydrogen-bond donors (Lipinski definition) is 2. The summed E-state index contributed by atoms with van der Waals surface area (Å²) in [6.45, 7) is 0.416. The summed E-state index contributed by atoms with van der Waals surface area (Å²) in [5.41, 5.74) is 0. The maximum Gasteiger partial charge on any atom is 0.235 e. The molecule has 0 aliphatic heterocycles.